The highest BCUT2D eigenvalue weighted by Crippen LogP contribution is 2.60. The van der Waals surface area contributed by atoms with E-state index in [-0.39, 0.29) is 11.7 Å². The zero-order valence-corrected chi connectivity index (χ0v) is 11.4. The van der Waals surface area contributed by atoms with Crippen molar-refractivity contribution in [2.45, 2.75) is 42.8 Å². The van der Waals surface area contributed by atoms with Crippen molar-refractivity contribution in [3.8, 4) is 0 Å². The fraction of sp³-hybridized carbons (Fsp3) is 0.500. The first kappa shape index (κ1) is 11.9. The van der Waals surface area contributed by atoms with Crippen LogP contribution in [0.2, 0.25) is 0 Å². The van der Waals surface area contributed by atoms with Gasteiger partial charge in [-0.2, -0.15) is 0 Å². The molecule has 18 heavy (non-hydrogen) atoms. The summed E-state index contributed by atoms with van der Waals surface area (Å²) in [5.74, 6) is -0.0108. The van der Waals surface area contributed by atoms with E-state index in [0.717, 1.165) is 17.5 Å². The maximum Gasteiger partial charge on any atom is 0.191 e. The van der Waals surface area contributed by atoms with Gasteiger partial charge in [0.1, 0.15) is 4.75 Å². The number of carbonyl (C=O) groups excluding carboxylic acids is 1. The summed E-state index contributed by atoms with van der Waals surface area (Å²) in [7, 11) is -3.52. The highest BCUT2D eigenvalue weighted by atomic mass is 32.2. The summed E-state index contributed by atoms with van der Waals surface area (Å²) in [5, 5.41) is 0. The molecule has 3 rings (SSSR count). The van der Waals surface area contributed by atoms with Crippen LogP contribution in [-0.2, 0) is 14.6 Å². The smallest absolute Gasteiger partial charge is 0.191 e. The normalized spacial score (nSPS) is 30.3. The van der Waals surface area contributed by atoms with Crippen molar-refractivity contribution in [3.05, 3.63) is 29.3 Å². The number of fused-ring (bicyclic) bond motifs is 1. The second-order valence-electron chi connectivity index (χ2n) is 5.52. The van der Waals surface area contributed by atoms with Crippen LogP contribution in [0, 0.1) is 19.8 Å². The topological polar surface area (TPSA) is 51.2 Å². The molecule has 1 aromatic rings. The zero-order valence-electron chi connectivity index (χ0n) is 10.6. The van der Waals surface area contributed by atoms with Crippen molar-refractivity contribution < 1.29 is 13.2 Å². The van der Waals surface area contributed by atoms with E-state index >= 15 is 0 Å². The van der Waals surface area contributed by atoms with Crippen molar-refractivity contribution in [2.75, 3.05) is 0 Å². The number of carbonyl (C=O) groups is 1. The number of ketones is 1. The van der Waals surface area contributed by atoms with Crippen LogP contribution in [0.5, 0.6) is 0 Å². The maximum atomic E-state index is 12.8. The van der Waals surface area contributed by atoms with Crippen LogP contribution in [0.15, 0.2) is 23.1 Å². The Kier molecular flexibility index (Phi) is 2.28. The SMILES string of the molecule is Cc1ccc(C)c(S(=O)(=O)[C@]23C[C@H]2CCC3=O)c1. The lowest BCUT2D eigenvalue weighted by atomic mass is 10.2. The third-order valence-corrected chi connectivity index (χ3v) is 7.06. The van der Waals surface area contributed by atoms with Crippen LogP contribution < -0.4 is 0 Å². The van der Waals surface area contributed by atoms with E-state index in [1.54, 1.807) is 13.0 Å². The Morgan fingerprint density at radius 2 is 2.00 bits per heavy atom. The second kappa shape index (κ2) is 3.44. The minimum Gasteiger partial charge on any atom is -0.298 e. The van der Waals surface area contributed by atoms with Crippen LogP contribution in [0.25, 0.3) is 0 Å². The molecule has 0 N–H and O–H groups in total. The van der Waals surface area contributed by atoms with Crippen LogP contribution in [0.4, 0.5) is 0 Å². The lowest BCUT2D eigenvalue weighted by molar-refractivity contribution is -0.118. The Bertz CT molecular complexity index is 645. The predicted molar refractivity (Wildman–Crippen MR) is 68.2 cm³/mol. The first-order valence-corrected chi connectivity index (χ1v) is 7.73. The van der Waals surface area contributed by atoms with E-state index in [1.165, 1.54) is 0 Å². The minimum atomic E-state index is -3.52. The molecule has 96 valence electrons. The van der Waals surface area contributed by atoms with Crippen LogP contribution in [0.3, 0.4) is 0 Å². The molecule has 2 aliphatic rings. The van der Waals surface area contributed by atoms with E-state index in [1.807, 2.05) is 19.1 Å². The number of aryl methyl sites for hydroxylation is 2. The predicted octanol–water partition coefficient (Wildman–Crippen LogP) is 2.20. The molecule has 0 aromatic heterocycles. The molecule has 4 heteroatoms. The Hall–Kier alpha value is -1.16. The third kappa shape index (κ3) is 1.30. The number of rotatable bonds is 2. The van der Waals surface area contributed by atoms with Gasteiger partial charge in [0.25, 0.3) is 0 Å². The molecule has 3 nitrogen and oxygen atoms in total. The van der Waals surface area contributed by atoms with E-state index in [9.17, 15) is 13.2 Å². The standard InChI is InChI=1S/C14H16O3S/c1-9-3-4-10(2)12(7-9)18(16,17)14-8-11(14)5-6-13(14)15/h3-4,7,11H,5-6,8H2,1-2H3/t11-,14-/m1/s1. The van der Waals surface area contributed by atoms with Gasteiger partial charge < -0.3 is 0 Å². The summed E-state index contributed by atoms with van der Waals surface area (Å²) in [6.45, 7) is 3.66. The van der Waals surface area contributed by atoms with E-state index in [2.05, 4.69) is 0 Å². The molecule has 0 bridgehead atoms. The fourth-order valence-electron chi connectivity index (χ4n) is 3.17. The van der Waals surface area contributed by atoms with Crippen molar-refractivity contribution in [1.29, 1.82) is 0 Å². The molecular formula is C14H16O3S. The molecule has 0 amide bonds. The molecule has 2 saturated carbocycles. The summed E-state index contributed by atoms with van der Waals surface area (Å²) in [6, 6.07) is 5.41. The van der Waals surface area contributed by atoms with Gasteiger partial charge in [0.15, 0.2) is 15.6 Å². The molecule has 0 radical (unpaired) electrons. The van der Waals surface area contributed by atoms with Gasteiger partial charge in [-0.3, -0.25) is 4.79 Å². The van der Waals surface area contributed by atoms with Gasteiger partial charge in [-0.1, -0.05) is 12.1 Å². The number of sulfone groups is 1. The molecule has 0 spiro atoms. The average Bonchev–Trinajstić information content (AvgIpc) is 2.98. The van der Waals surface area contributed by atoms with Gasteiger partial charge in [-0.25, -0.2) is 8.42 Å². The molecule has 2 atom stereocenters. The Morgan fingerprint density at radius 3 is 2.56 bits per heavy atom. The maximum absolute atomic E-state index is 12.8. The lowest BCUT2D eigenvalue weighted by Crippen LogP contribution is -2.31. The molecule has 0 heterocycles. The number of benzene rings is 1. The summed E-state index contributed by atoms with van der Waals surface area (Å²) >= 11 is 0. The van der Waals surface area contributed by atoms with Crippen LogP contribution in [0.1, 0.15) is 30.4 Å². The van der Waals surface area contributed by atoms with Crippen molar-refractivity contribution in [3.63, 3.8) is 0 Å². The van der Waals surface area contributed by atoms with Gasteiger partial charge >= 0.3 is 0 Å². The van der Waals surface area contributed by atoms with Crippen molar-refractivity contribution in [2.24, 2.45) is 5.92 Å². The van der Waals surface area contributed by atoms with Gasteiger partial charge in [-0.15, -0.1) is 0 Å². The average molecular weight is 264 g/mol. The van der Waals surface area contributed by atoms with E-state index in [0.29, 0.717) is 17.7 Å². The summed E-state index contributed by atoms with van der Waals surface area (Å²) in [4.78, 5) is 12.3. The van der Waals surface area contributed by atoms with Crippen molar-refractivity contribution >= 4 is 15.6 Å². The number of Topliss-reactive ketones (excluding diaryl/α,β-unsaturated/α-hetero) is 1. The summed E-state index contributed by atoms with van der Waals surface area (Å²) in [6.07, 6.45) is 1.69. The molecule has 1 aromatic carbocycles. The summed E-state index contributed by atoms with van der Waals surface area (Å²) < 4.78 is 24.5. The summed E-state index contributed by atoms with van der Waals surface area (Å²) in [5.41, 5.74) is 1.65. The minimum absolute atomic E-state index is 0.0647. The number of hydrogen-bond acceptors (Lipinski definition) is 3. The zero-order chi connectivity index (χ0) is 13.1. The number of hydrogen-bond donors (Lipinski definition) is 0. The third-order valence-electron chi connectivity index (χ3n) is 4.35. The van der Waals surface area contributed by atoms with Crippen LogP contribution in [-0.4, -0.2) is 18.9 Å². The molecule has 2 aliphatic carbocycles. The fourth-order valence-corrected chi connectivity index (χ4v) is 5.78. The first-order valence-electron chi connectivity index (χ1n) is 6.25. The Labute approximate surface area is 107 Å². The monoisotopic (exact) mass is 264 g/mol. The van der Waals surface area contributed by atoms with E-state index < -0.39 is 14.6 Å². The van der Waals surface area contributed by atoms with Gasteiger partial charge in [0.05, 0.1) is 4.90 Å². The quantitative estimate of drug-likeness (QED) is 0.822. The van der Waals surface area contributed by atoms with Gasteiger partial charge in [0, 0.05) is 6.42 Å². The second-order valence-corrected chi connectivity index (χ2v) is 7.70. The Morgan fingerprint density at radius 1 is 1.28 bits per heavy atom. The van der Waals surface area contributed by atoms with Crippen molar-refractivity contribution in [1.82, 2.24) is 0 Å². The highest BCUT2D eigenvalue weighted by molar-refractivity contribution is 7.94. The van der Waals surface area contributed by atoms with Crippen LogP contribution >= 0.6 is 0 Å². The highest BCUT2D eigenvalue weighted by Gasteiger charge is 2.71. The van der Waals surface area contributed by atoms with E-state index in [4.69, 9.17) is 0 Å². The molecule has 2 fully saturated rings. The van der Waals surface area contributed by atoms with Gasteiger partial charge in [-0.05, 0) is 49.8 Å². The molecule has 0 unspecified atom stereocenters. The van der Waals surface area contributed by atoms with Gasteiger partial charge in [0.2, 0.25) is 0 Å². The molecular weight excluding hydrogens is 248 g/mol. The largest absolute Gasteiger partial charge is 0.298 e. The lowest BCUT2D eigenvalue weighted by Gasteiger charge is -2.15. The molecule has 0 aliphatic heterocycles. The molecule has 0 saturated heterocycles. The Balaban J connectivity index is 2.17. The first-order chi connectivity index (χ1) is 8.39.